The summed E-state index contributed by atoms with van der Waals surface area (Å²) in [5.74, 6) is 1.41. The largest absolute Gasteiger partial charge is 0.490 e. The predicted octanol–water partition coefficient (Wildman–Crippen LogP) is 3.09. The molecule has 0 bridgehead atoms. The van der Waals surface area contributed by atoms with Crippen LogP contribution in [0.2, 0.25) is 0 Å². The van der Waals surface area contributed by atoms with E-state index in [1.54, 1.807) is 16.8 Å². The molecule has 0 spiro atoms. The van der Waals surface area contributed by atoms with Crippen molar-refractivity contribution in [3.05, 3.63) is 57.4 Å². The summed E-state index contributed by atoms with van der Waals surface area (Å²) in [7, 11) is 0. The molecule has 4 nitrogen and oxygen atoms in total. The minimum atomic E-state index is -0.0464. The number of pyridine rings is 1. The highest BCUT2D eigenvalue weighted by Crippen LogP contribution is 2.26. The number of nitrogens with zero attached hydrogens (tertiary/aromatic N) is 1. The monoisotopic (exact) mass is 337 g/mol. The third-order valence-electron chi connectivity index (χ3n) is 2.69. The molecule has 0 atom stereocenters. The van der Waals surface area contributed by atoms with E-state index in [0.717, 1.165) is 10.2 Å². The number of aromatic nitrogens is 1. The summed E-state index contributed by atoms with van der Waals surface area (Å²) in [6.45, 7) is 3.41. The lowest BCUT2D eigenvalue weighted by molar-refractivity contribution is 0.265. The van der Waals surface area contributed by atoms with E-state index in [9.17, 15) is 4.79 Å². The van der Waals surface area contributed by atoms with Crippen LogP contribution in [0.1, 0.15) is 6.92 Å². The minimum Gasteiger partial charge on any atom is -0.490 e. The van der Waals surface area contributed by atoms with E-state index in [1.807, 2.05) is 31.2 Å². The molecule has 0 amide bonds. The van der Waals surface area contributed by atoms with E-state index in [1.165, 1.54) is 6.07 Å². The first-order chi connectivity index (χ1) is 9.70. The van der Waals surface area contributed by atoms with Gasteiger partial charge in [-0.05, 0) is 41.1 Å². The van der Waals surface area contributed by atoms with Gasteiger partial charge in [0, 0.05) is 16.7 Å². The van der Waals surface area contributed by atoms with Gasteiger partial charge in [0.05, 0.1) is 13.2 Å². The summed E-state index contributed by atoms with van der Waals surface area (Å²) in [4.78, 5) is 11.6. The SMILES string of the molecule is CCOc1ccccc1OCCn1cc(Br)ccc1=O. The molecule has 1 heterocycles. The van der Waals surface area contributed by atoms with Crippen LogP contribution in [-0.4, -0.2) is 17.8 Å². The molecule has 0 saturated heterocycles. The van der Waals surface area contributed by atoms with Crippen molar-refractivity contribution in [2.24, 2.45) is 0 Å². The number of hydrogen-bond acceptors (Lipinski definition) is 3. The molecule has 5 heteroatoms. The molecular formula is C15H16BrNO3. The molecule has 1 aromatic heterocycles. The lowest BCUT2D eigenvalue weighted by atomic mass is 10.3. The zero-order valence-electron chi connectivity index (χ0n) is 11.2. The van der Waals surface area contributed by atoms with Crippen LogP contribution in [-0.2, 0) is 6.54 Å². The second-order valence-corrected chi connectivity index (χ2v) is 5.02. The van der Waals surface area contributed by atoms with Crippen molar-refractivity contribution >= 4 is 15.9 Å². The first-order valence-electron chi connectivity index (χ1n) is 6.41. The van der Waals surface area contributed by atoms with Crippen LogP contribution in [0.25, 0.3) is 0 Å². The first kappa shape index (κ1) is 14.7. The number of para-hydroxylation sites is 2. The standard InChI is InChI=1S/C15H16BrNO3/c1-2-19-13-5-3-4-6-14(13)20-10-9-17-11-12(16)7-8-15(17)18/h3-8,11H,2,9-10H2,1H3. The van der Waals surface area contributed by atoms with Gasteiger partial charge in [-0.15, -0.1) is 0 Å². The average Bonchev–Trinajstić information content (AvgIpc) is 2.45. The summed E-state index contributed by atoms with van der Waals surface area (Å²) in [5, 5.41) is 0. The van der Waals surface area contributed by atoms with Gasteiger partial charge in [0.25, 0.3) is 5.56 Å². The summed E-state index contributed by atoms with van der Waals surface area (Å²) < 4.78 is 13.6. The van der Waals surface area contributed by atoms with Crippen molar-refractivity contribution in [3.8, 4) is 11.5 Å². The van der Waals surface area contributed by atoms with Crippen molar-refractivity contribution in [2.45, 2.75) is 13.5 Å². The molecule has 2 rings (SSSR count). The van der Waals surface area contributed by atoms with E-state index in [2.05, 4.69) is 15.9 Å². The number of ether oxygens (including phenoxy) is 2. The van der Waals surface area contributed by atoms with Crippen LogP contribution in [0.5, 0.6) is 11.5 Å². The van der Waals surface area contributed by atoms with Gasteiger partial charge in [-0.2, -0.15) is 0 Å². The van der Waals surface area contributed by atoms with Crippen LogP contribution in [0.15, 0.2) is 51.9 Å². The van der Waals surface area contributed by atoms with E-state index in [-0.39, 0.29) is 5.56 Å². The highest BCUT2D eigenvalue weighted by molar-refractivity contribution is 9.10. The number of halogens is 1. The molecule has 0 fully saturated rings. The van der Waals surface area contributed by atoms with Gasteiger partial charge in [0.15, 0.2) is 11.5 Å². The fourth-order valence-corrected chi connectivity index (χ4v) is 2.15. The maximum absolute atomic E-state index is 11.6. The summed E-state index contributed by atoms with van der Waals surface area (Å²) in [6.07, 6.45) is 1.75. The fourth-order valence-electron chi connectivity index (χ4n) is 1.78. The van der Waals surface area contributed by atoms with Crippen molar-refractivity contribution in [3.63, 3.8) is 0 Å². The number of rotatable bonds is 6. The Labute approximate surface area is 126 Å². The maximum Gasteiger partial charge on any atom is 0.250 e. The van der Waals surface area contributed by atoms with Crippen LogP contribution >= 0.6 is 15.9 Å². The highest BCUT2D eigenvalue weighted by Gasteiger charge is 2.03. The normalized spacial score (nSPS) is 10.3. The Morgan fingerprint density at radius 2 is 1.80 bits per heavy atom. The molecule has 0 N–H and O–H groups in total. The number of hydrogen-bond donors (Lipinski definition) is 0. The van der Waals surface area contributed by atoms with Gasteiger partial charge in [0.2, 0.25) is 0 Å². The second-order valence-electron chi connectivity index (χ2n) is 4.11. The van der Waals surface area contributed by atoms with Gasteiger partial charge in [-0.25, -0.2) is 0 Å². The van der Waals surface area contributed by atoms with E-state index < -0.39 is 0 Å². The second kappa shape index (κ2) is 7.14. The van der Waals surface area contributed by atoms with Crippen LogP contribution in [0.3, 0.4) is 0 Å². The zero-order valence-corrected chi connectivity index (χ0v) is 12.8. The Morgan fingerprint density at radius 1 is 1.10 bits per heavy atom. The summed E-state index contributed by atoms with van der Waals surface area (Å²) >= 11 is 3.34. The number of benzene rings is 1. The van der Waals surface area contributed by atoms with Gasteiger partial charge < -0.3 is 14.0 Å². The Bertz CT molecular complexity index is 625. The quantitative estimate of drug-likeness (QED) is 0.813. The lowest BCUT2D eigenvalue weighted by Gasteiger charge is -2.12. The molecule has 0 radical (unpaired) electrons. The smallest absolute Gasteiger partial charge is 0.250 e. The van der Waals surface area contributed by atoms with Crippen molar-refractivity contribution in [1.29, 1.82) is 0 Å². The molecule has 106 valence electrons. The lowest BCUT2D eigenvalue weighted by Crippen LogP contribution is -2.21. The summed E-state index contributed by atoms with van der Waals surface area (Å²) in [6, 6.07) is 10.8. The highest BCUT2D eigenvalue weighted by atomic mass is 79.9. The van der Waals surface area contributed by atoms with Crippen molar-refractivity contribution < 1.29 is 9.47 Å². The molecule has 20 heavy (non-hydrogen) atoms. The van der Waals surface area contributed by atoms with Gasteiger partial charge in [-0.3, -0.25) is 4.79 Å². The molecule has 0 aliphatic carbocycles. The topological polar surface area (TPSA) is 40.5 Å². The van der Waals surface area contributed by atoms with E-state index in [4.69, 9.17) is 9.47 Å². The molecule has 1 aromatic carbocycles. The third-order valence-corrected chi connectivity index (χ3v) is 3.16. The third kappa shape index (κ3) is 3.87. The Kier molecular flexibility index (Phi) is 5.24. The Balaban J connectivity index is 1.99. The molecule has 0 unspecified atom stereocenters. The van der Waals surface area contributed by atoms with Crippen LogP contribution < -0.4 is 15.0 Å². The average molecular weight is 338 g/mol. The van der Waals surface area contributed by atoms with Gasteiger partial charge in [-0.1, -0.05) is 12.1 Å². The molecule has 0 aliphatic heterocycles. The molecular weight excluding hydrogens is 322 g/mol. The predicted molar refractivity (Wildman–Crippen MR) is 81.5 cm³/mol. The summed E-state index contributed by atoms with van der Waals surface area (Å²) in [5.41, 5.74) is -0.0464. The van der Waals surface area contributed by atoms with Crippen LogP contribution in [0, 0.1) is 0 Å². The molecule has 0 saturated carbocycles. The molecule has 2 aromatic rings. The molecule has 0 aliphatic rings. The van der Waals surface area contributed by atoms with Crippen molar-refractivity contribution in [2.75, 3.05) is 13.2 Å². The Hall–Kier alpha value is -1.75. The Morgan fingerprint density at radius 3 is 2.50 bits per heavy atom. The first-order valence-corrected chi connectivity index (χ1v) is 7.20. The van der Waals surface area contributed by atoms with Crippen molar-refractivity contribution in [1.82, 2.24) is 4.57 Å². The zero-order chi connectivity index (χ0) is 14.4. The fraction of sp³-hybridized carbons (Fsp3) is 0.267. The maximum atomic E-state index is 11.6. The minimum absolute atomic E-state index is 0.0464. The van der Waals surface area contributed by atoms with E-state index in [0.29, 0.717) is 25.5 Å². The van der Waals surface area contributed by atoms with Crippen LogP contribution in [0.4, 0.5) is 0 Å². The van der Waals surface area contributed by atoms with E-state index >= 15 is 0 Å². The van der Waals surface area contributed by atoms with Gasteiger partial charge >= 0.3 is 0 Å². The van der Waals surface area contributed by atoms with Gasteiger partial charge in [0.1, 0.15) is 6.61 Å².